The second-order valence-electron chi connectivity index (χ2n) is 8.88. The van der Waals surface area contributed by atoms with E-state index in [1.165, 1.54) is 0 Å². The van der Waals surface area contributed by atoms with Crippen LogP contribution < -0.4 is 5.56 Å². The standard InChI is InChI=1S/C19H31N3O3S/c1-5-6-12-26(24,25)22-11-7-9-19(13-22)10-8-14-15(19)20-17(18(2,3)4)21-16(14)23/h5-13H2,1-4H3,(H,20,21,23). The van der Waals surface area contributed by atoms with Crippen LogP contribution in [0.3, 0.4) is 0 Å². The third kappa shape index (κ3) is 3.48. The first-order chi connectivity index (χ1) is 12.1. The molecule has 2 heterocycles. The summed E-state index contributed by atoms with van der Waals surface area (Å²) >= 11 is 0. The van der Waals surface area contributed by atoms with Crippen molar-refractivity contribution in [1.82, 2.24) is 14.3 Å². The third-order valence-corrected chi connectivity index (χ3v) is 7.68. The Labute approximate surface area is 156 Å². The van der Waals surface area contributed by atoms with Crippen molar-refractivity contribution in [2.24, 2.45) is 0 Å². The molecule has 0 radical (unpaired) electrons. The predicted molar refractivity (Wildman–Crippen MR) is 103 cm³/mol. The molecule has 7 heteroatoms. The number of nitrogens with zero attached hydrogens (tertiary/aromatic N) is 2. The monoisotopic (exact) mass is 381 g/mol. The minimum Gasteiger partial charge on any atom is -0.310 e. The van der Waals surface area contributed by atoms with Gasteiger partial charge >= 0.3 is 0 Å². The summed E-state index contributed by atoms with van der Waals surface area (Å²) in [5, 5.41) is 0. The van der Waals surface area contributed by atoms with Crippen LogP contribution in [0.5, 0.6) is 0 Å². The molecule has 2 aliphatic rings. The highest BCUT2D eigenvalue weighted by molar-refractivity contribution is 7.89. The Morgan fingerprint density at radius 3 is 2.65 bits per heavy atom. The van der Waals surface area contributed by atoms with Gasteiger partial charge in [-0.2, -0.15) is 0 Å². The van der Waals surface area contributed by atoms with Crippen LogP contribution in [-0.4, -0.2) is 41.5 Å². The SMILES string of the molecule is CCCCS(=O)(=O)N1CCCC2(CCc3c2nc(C(C)(C)C)[nH]c3=O)C1. The maximum absolute atomic E-state index is 12.7. The molecule has 1 aromatic rings. The molecular formula is C19H31N3O3S. The predicted octanol–water partition coefficient (Wildman–Crippen LogP) is 2.48. The first kappa shape index (κ1) is 19.5. The van der Waals surface area contributed by atoms with Crippen LogP contribution in [0.1, 0.15) is 76.9 Å². The Hall–Kier alpha value is -1.21. The van der Waals surface area contributed by atoms with E-state index >= 15 is 0 Å². The van der Waals surface area contributed by atoms with Gasteiger partial charge in [-0.1, -0.05) is 34.1 Å². The lowest BCUT2D eigenvalue weighted by Gasteiger charge is -2.40. The topological polar surface area (TPSA) is 83.1 Å². The van der Waals surface area contributed by atoms with Crippen molar-refractivity contribution in [2.45, 2.75) is 77.0 Å². The Morgan fingerprint density at radius 2 is 2.00 bits per heavy atom. The molecular weight excluding hydrogens is 350 g/mol. The number of nitrogens with one attached hydrogen (secondary N) is 1. The van der Waals surface area contributed by atoms with Gasteiger partial charge in [-0.25, -0.2) is 17.7 Å². The minimum absolute atomic E-state index is 0.0530. The van der Waals surface area contributed by atoms with E-state index in [1.807, 2.05) is 27.7 Å². The van der Waals surface area contributed by atoms with Crippen LogP contribution in [0.4, 0.5) is 0 Å². The normalized spacial score (nSPS) is 24.2. The second-order valence-corrected chi connectivity index (χ2v) is 11.0. The lowest BCUT2D eigenvalue weighted by atomic mass is 9.78. The van der Waals surface area contributed by atoms with Crippen LogP contribution in [0.15, 0.2) is 4.79 Å². The van der Waals surface area contributed by atoms with Crippen molar-refractivity contribution in [2.75, 3.05) is 18.8 Å². The first-order valence-corrected chi connectivity index (χ1v) is 11.3. The van der Waals surface area contributed by atoms with E-state index in [9.17, 15) is 13.2 Å². The van der Waals surface area contributed by atoms with Crippen LogP contribution in [0.25, 0.3) is 0 Å². The number of fused-ring (bicyclic) bond motifs is 2. The van der Waals surface area contributed by atoms with Crippen LogP contribution >= 0.6 is 0 Å². The van der Waals surface area contributed by atoms with Gasteiger partial charge in [0.1, 0.15) is 5.82 Å². The molecule has 1 unspecified atom stereocenters. The number of piperidine rings is 1. The fourth-order valence-electron chi connectivity index (χ4n) is 4.19. The molecule has 1 fully saturated rings. The second kappa shape index (κ2) is 6.75. The van der Waals surface area contributed by atoms with Gasteiger partial charge in [0.05, 0.1) is 11.4 Å². The summed E-state index contributed by atoms with van der Waals surface area (Å²) in [4.78, 5) is 20.4. The van der Waals surface area contributed by atoms with E-state index in [4.69, 9.17) is 4.98 Å². The number of H-pyrrole nitrogens is 1. The molecule has 1 aliphatic heterocycles. The van der Waals surface area contributed by atoms with Gasteiger partial charge < -0.3 is 4.98 Å². The van der Waals surface area contributed by atoms with Gasteiger partial charge in [0.25, 0.3) is 5.56 Å². The zero-order valence-electron chi connectivity index (χ0n) is 16.4. The Kier molecular flexibility index (Phi) is 5.07. The van der Waals surface area contributed by atoms with Gasteiger partial charge in [0.15, 0.2) is 0 Å². The van der Waals surface area contributed by atoms with Crippen molar-refractivity contribution < 1.29 is 8.42 Å². The summed E-state index contributed by atoms with van der Waals surface area (Å²) in [7, 11) is -3.24. The lowest BCUT2D eigenvalue weighted by Crippen LogP contribution is -2.48. The summed E-state index contributed by atoms with van der Waals surface area (Å²) < 4.78 is 27.1. The zero-order valence-corrected chi connectivity index (χ0v) is 17.2. The molecule has 0 saturated carbocycles. The molecule has 1 aromatic heterocycles. The molecule has 3 rings (SSSR count). The van der Waals surface area contributed by atoms with Crippen molar-refractivity contribution in [3.8, 4) is 0 Å². The molecule has 0 aromatic carbocycles. The molecule has 0 bridgehead atoms. The van der Waals surface area contributed by atoms with E-state index in [0.29, 0.717) is 31.8 Å². The smallest absolute Gasteiger partial charge is 0.254 e. The van der Waals surface area contributed by atoms with E-state index in [-0.39, 0.29) is 22.1 Å². The number of unbranched alkanes of at least 4 members (excludes halogenated alkanes) is 1. The molecule has 6 nitrogen and oxygen atoms in total. The number of aromatic amines is 1. The molecule has 26 heavy (non-hydrogen) atoms. The third-order valence-electron chi connectivity index (χ3n) is 5.77. The number of rotatable bonds is 4. The number of aromatic nitrogens is 2. The molecule has 1 N–H and O–H groups in total. The number of hydrogen-bond donors (Lipinski definition) is 1. The molecule has 1 saturated heterocycles. The largest absolute Gasteiger partial charge is 0.310 e. The fourth-order valence-corrected chi connectivity index (χ4v) is 5.95. The van der Waals surface area contributed by atoms with Gasteiger partial charge in [-0.3, -0.25) is 4.79 Å². The van der Waals surface area contributed by atoms with E-state index in [1.54, 1.807) is 4.31 Å². The van der Waals surface area contributed by atoms with Crippen molar-refractivity contribution in [3.05, 3.63) is 27.4 Å². The summed E-state index contributed by atoms with van der Waals surface area (Å²) in [6.07, 6.45) is 4.78. The van der Waals surface area contributed by atoms with Gasteiger partial charge in [-0.05, 0) is 32.1 Å². The maximum atomic E-state index is 12.7. The van der Waals surface area contributed by atoms with Crippen molar-refractivity contribution >= 4 is 10.0 Å². The minimum atomic E-state index is -3.24. The summed E-state index contributed by atoms with van der Waals surface area (Å²) in [6, 6.07) is 0. The zero-order chi connectivity index (χ0) is 19.2. The lowest BCUT2D eigenvalue weighted by molar-refractivity contribution is 0.218. The average Bonchev–Trinajstić information content (AvgIpc) is 2.91. The Morgan fingerprint density at radius 1 is 1.27 bits per heavy atom. The summed E-state index contributed by atoms with van der Waals surface area (Å²) in [5.41, 5.74) is 0.996. The maximum Gasteiger partial charge on any atom is 0.254 e. The molecule has 1 aliphatic carbocycles. The molecule has 0 amide bonds. The van der Waals surface area contributed by atoms with Crippen LogP contribution in [0.2, 0.25) is 0 Å². The van der Waals surface area contributed by atoms with Crippen molar-refractivity contribution in [1.29, 1.82) is 0 Å². The van der Waals surface area contributed by atoms with Gasteiger partial charge in [0.2, 0.25) is 10.0 Å². The van der Waals surface area contributed by atoms with Crippen LogP contribution in [-0.2, 0) is 27.3 Å². The number of sulfonamides is 1. The van der Waals surface area contributed by atoms with E-state index < -0.39 is 10.0 Å². The Bertz CT molecular complexity index is 839. The summed E-state index contributed by atoms with van der Waals surface area (Å²) in [6.45, 7) is 9.14. The number of hydrogen-bond acceptors (Lipinski definition) is 4. The highest BCUT2D eigenvalue weighted by Crippen LogP contribution is 2.44. The molecule has 146 valence electrons. The van der Waals surface area contributed by atoms with Crippen molar-refractivity contribution in [3.63, 3.8) is 0 Å². The van der Waals surface area contributed by atoms with Gasteiger partial charge in [-0.15, -0.1) is 0 Å². The highest BCUT2D eigenvalue weighted by atomic mass is 32.2. The Balaban J connectivity index is 1.98. The average molecular weight is 382 g/mol. The summed E-state index contributed by atoms with van der Waals surface area (Å²) in [5.74, 6) is 0.899. The quantitative estimate of drug-likeness (QED) is 0.868. The molecule has 1 atom stereocenters. The fraction of sp³-hybridized carbons (Fsp3) is 0.789. The first-order valence-electron chi connectivity index (χ1n) is 9.71. The highest BCUT2D eigenvalue weighted by Gasteiger charge is 2.47. The van der Waals surface area contributed by atoms with Gasteiger partial charge in [0, 0.05) is 29.5 Å². The molecule has 1 spiro atoms. The van der Waals surface area contributed by atoms with Crippen LogP contribution in [0, 0.1) is 0 Å². The van der Waals surface area contributed by atoms with E-state index in [2.05, 4.69) is 4.98 Å². The van der Waals surface area contributed by atoms with E-state index in [0.717, 1.165) is 36.9 Å².